The summed E-state index contributed by atoms with van der Waals surface area (Å²) < 4.78 is 0. The first kappa shape index (κ1) is 14.5. The molecule has 0 atom stereocenters. The van der Waals surface area contributed by atoms with E-state index in [-0.39, 0.29) is 0 Å². The van der Waals surface area contributed by atoms with E-state index in [1.807, 2.05) is 17.5 Å². The van der Waals surface area contributed by atoms with Gasteiger partial charge < -0.3 is 4.90 Å². The molecule has 1 aromatic carbocycles. The van der Waals surface area contributed by atoms with Crippen molar-refractivity contribution in [3.63, 3.8) is 0 Å². The Morgan fingerprint density at radius 2 is 1.76 bits per heavy atom. The zero-order valence-electron chi connectivity index (χ0n) is 12.3. The molecule has 0 amide bonds. The van der Waals surface area contributed by atoms with Gasteiger partial charge in [0.2, 0.25) is 0 Å². The van der Waals surface area contributed by atoms with E-state index in [1.54, 1.807) is 11.3 Å². The lowest BCUT2D eigenvalue weighted by Crippen LogP contribution is -2.27. The highest BCUT2D eigenvalue weighted by Gasteiger charge is 2.14. The largest absolute Gasteiger partial charge is 0.303 e. The van der Waals surface area contributed by atoms with Gasteiger partial charge in [0.05, 0.1) is 4.88 Å². The smallest absolute Gasteiger partial charge is 0.172 e. The van der Waals surface area contributed by atoms with Gasteiger partial charge in [-0.25, -0.2) is 0 Å². The van der Waals surface area contributed by atoms with Gasteiger partial charge in [0.1, 0.15) is 0 Å². The van der Waals surface area contributed by atoms with Crippen molar-refractivity contribution in [1.82, 2.24) is 4.90 Å². The molecule has 3 heteroatoms. The Bertz CT molecular complexity index is 564. The van der Waals surface area contributed by atoms with Gasteiger partial charge in [-0.15, -0.1) is 11.3 Å². The number of benzene rings is 1. The molecular formula is C18H21NOS. The van der Waals surface area contributed by atoms with Crippen LogP contribution in [0.5, 0.6) is 0 Å². The number of hydrogen-bond acceptors (Lipinski definition) is 3. The van der Waals surface area contributed by atoms with Crippen LogP contribution in [0.3, 0.4) is 0 Å². The van der Waals surface area contributed by atoms with E-state index in [2.05, 4.69) is 29.2 Å². The molecule has 0 bridgehead atoms. The van der Waals surface area contributed by atoms with Crippen LogP contribution in [-0.4, -0.2) is 30.3 Å². The summed E-state index contributed by atoms with van der Waals surface area (Å²) in [4.78, 5) is 15.4. The molecule has 3 rings (SSSR count). The van der Waals surface area contributed by atoms with E-state index in [9.17, 15) is 4.79 Å². The topological polar surface area (TPSA) is 20.3 Å². The van der Waals surface area contributed by atoms with Crippen molar-refractivity contribution in [3.8, 4) is 0 Å². The molecule has 0 spiro atoms. The maximum absolute atomic E-state index is 12.0. The first-order valence-corrected chi connectivity index (χ1v) is 8.57. The summed E-state index contributed by atoms with van der Waals surface area (Å²) >= 11 is 1.55. The fourth-order valence-corrected chi connectivity index (χ4v) is 3.66. The Kier molecular flexibility index (Phi) is 4.84. The zero-order valence-corrected chi connectivity index (χ0v) is 13.1. The molecule has 21 heavy (non-hydrogen) atoms. The van der Waals surface area contributed by atoms with Crippen molar-refractivity contribution < 1.29 is 4.79 Å². The number of thiophene rings is 1. The van der Waals surface area contributed by atoms with Gasteiger partial charge in [-0.2, -0.15) is 0 Å². The predicted octanol–water partition coefficient (Wildman–Crippen LogP) is 3.81. The van der Waals surface area contributed by atoms with E-state index in [4.69, 9.17) is 0 Å². The van der Waals surface area contributed by atoms with Gasteiger partial charge in [0.25, 0.3) is 0 Å². The lowest BCUT2D eigenvalue weighted by molar-refractivity contribution is 0.0979. The molecule has 0 saturated carbocycles. The molecule has 1 aliphatic heterocycles. The zero-order chi connectivity index (χ0) is 14.5. The van der Waals surface area contributed by atoms with Crippen molar-refractivity contribution in [2.75, 3.05) is 19.6 Å². The molecule has 1 aliphatic rings. The van der Waals surface area contributed by atoms with Crippen LogP contribution in [-0.2, 0) is 12.8 Å². The van der Waals surface area contributed by atoms with Gasteiger partial charge >= 0.3 is 0 Å². The van der Waals surface area contributed by atoms with E-state index < -0.39 is 0 Å². The molecule has 0 unspecified atom stereocenters. The highest BCUT2D eigenvalue weighted by Crippen LogP contribution is 2.16. The van der Waals surface area contributed by atoms with Crippen LogP contribution in [0, 0.1) is 0 Å². The van der Waals surface area contributed by atoms with Crippen molar-refractivity contribution >= 4 is 17.1 Å². The number of carbonyl (C=O) groups excluding carboxylic acids is 1. The summed E-state index contributed by atoms with van der Waals surface area (Å²) in [6, 6.07) is 12.6. The van der Waals surface area contributed by atoms with Gasteiger partial charge in [-0.3, -0.25) is 4.79 Å². The third kappa shape index (κ3) is 3.80. The summed E-state index contributed by atoms with van der Waals surface area (Å²) in [7, 11) is 0. The molecule has 2 nitrogen and oxygen atoms in total. The van der Waals surface area contributed by atoms with Crippen LogP contribution in [0.15, 0.2) is 41.8 Å². The molecular weight excluding hydrogens is 278 g/mol. The van der Waals surface area contributed by atoms with E-state index >= 15 is 0 Å². The number of Topliss-reactive ketones (excluding diaryl/α,β-unsaturated/α-hetero) is 1. The van der Waals surface area contributed by atoms with Crippen LogP contribution < -0.4 is 0 Å². The van der Waals surface area contributed by atoms with Crippen LogP contribution in [0.25, 0.3) is 0 Å². The molecule has 0 fully saturated rings. The lowest BCUT2D eigenvalue weighted by atomic mass is 10.0. The van der Waals surface area contributed by atoms with Gasteiger partial charge in [-0.1, -0.05) is 30.3 Å². The number of rotatable bonds is 5. The molecule has 1 aromatic heterocycles. The normalized spacial score (nSPS) is 15.4. The summed E-state index contributed by atoms with van der Waals surface area (Å²) in [5.41, 5.74) is 2.99. The highest BCUT2D eigenvalue weighted by atomic mass is 32.1. The average molecular weight is 299 g/mol. The maximum atomic E-state index is 12.0. The minimum absolute atomic E-state index is 0.295. The predicted molar refractivity (Wildman–Crippen MR) is 88.2 cm³/mol. The third-order valence-electron chi connectivity index (χ3n) is 4.19. The summed E-state index contributed by atoms with van der Waals surface area (Å²) in [5, 5.41) is 1.97. The van der Waals surface area contributed by atoms with Crippen molar-refractivity contribution in [2.24, 2.45) is 0 Å². The Morgan fingerprint density at radius 3 is 2.38 bits per heavy atom. The Morgan fingerprint density at radius 1 is 1.05 bits per heavy atom. The summed E-state index contributed by atoms with van der Waals surface area (Å²) in [5.74, 6) is 0.295. The second-order valence-electron chi connectivity index (χ2n) is 5.61. The molecule has 0 saturated heterocycles. The van der Waals surface area contributed by atoms with E-state index in [1.165, 1.54) is 11.1 Å². The Balaban J connectivity index is 1.46. The molecule has 2 aromatic rings. The van der Waals surface area contributed by atoms with Crippen LogP contribution in [0.4, 0.5) is 0 Å². The van der Waals surface area contributed by atoms with Crippen molar-refractivity contribution in [3.05, 3.63) is 57.8 Å². The standard InChI is InChI=1S/C18H21NOS/c20-17(18-8-4-14-21-18)7-3-11-19-12-9-15-5-1-2-6-16(15)10-13-19/h1-2,4-6,8,14H,3,7,9-13H2. The molecule has 0 radical (unpaired) electrons. The van der Waals surface area contributed by atoms with Crippen molar-refractivity contribution in [2.45, 2.75) is 25.7 Å². The summed E-state index contributed by atoms with van der Waals surface area (Å²) in [6.07, 6.45) is 3.90. The van der Waals surface area contributed by atoms with Crippen LogP contribution in [0.2, 0.25) is 0 Å². The fraction of sp³-hybridized carbons (Fsp3) is 0.389. The molecule has 0 aliphatic carbocycles. The second kappa shape index (κ2) is 7.01. The second-order valence-corrected chi connectivity index (χ2v) is 6.56. The number of hydrogen-bond donors (Lipinski definition) is 0. The quantitative estimate of drug-likeness (QED) is 0.782. The first-order chi connectivity index (χ1) is 10.3. The van der Waals surface area contributed by atoms with Gasteiger partial charge in [-0.05, 0) is 48.4 Å². The van der Waals surface area contributed by atoms with Gasteiger partial charge in [0.15, 0.2) is 5.78 Å². The van der Waals surface area contributed by atoms with Crippen molar-refractivity contribution in [1.29, 1.82) is 0 Å². The summed E-state index contributed by atoms with van der Waals surface area (Å²) in [6.45, 7) is 3.26. The number of ketones is 1. The first-order valence-electron chi connectivity index (χ1n) is 7.69. The maximum Gasteiger partial charge on any atom is 0.172 e. The van der Waals surface area contributed by atoms with Crippen LogP contribution >= 0.6 is 11.3 Å². The fourth-order valence-electron chi connectivity index (χ4n) is 2.96. The minimum atomic E-state index is 0.295. The number of nitrogens with zero attached hydrogens (tertiary/aromatic N) is 1. The SMILES string of the molecule is O=C(CCCN1CCc2ccccc2CC1)c1cccs1. The third-order valence-corrected chi connectivity index (χ3v) is 5.10. The number of carbonyl (C=O) groups is 1. The van der Waals surface area contributed by atoms with Crippen LogP contribution in [0.1, 0.15) is 33.6 Å². The monoisotopic (exact) mass is 299 g/mol. The Labute approximate surface area is 130 Å². The minimum Gasteiger partial charge on any atom is -0.303 e. The molecule has 110 valence electrons. The average Bonchev–Trinajstić information content (AvgIpc) is 2.97. The molecule has 0 N–H and O–H groups in total. The number of fused-ring (bicyclic) bond motifs is 1. The van der Waals surface area contributed by atoms with E-state index in [0.717, 1.165) is 43.8 Å². The molecule has 2 heterocycles. The highest BCUT2D eigenvalue weighted by molar-refractivity contribution is 7.12. The van der Waals surface area contributed by atoms with Gasteiger partial charge in [0, 0.05) is 19.5 Å². The Hall–Kier alpha value is -1.45. The lowest BCUT2D eigenvalue weighted by Gasteiger charge is -2.19. The van der Waals surface area contributed by atoms with E-state index in [0.29, 0.717) is 12.2 Å².